The van der Waals surface area contributed by atoms with E-state index in [-0.39, 0.29) is 22.6 Å². The first-order chi connectivity index (χ1) is 13.0. The molecule has 1 amide bonds. The van der Waals surface area contributed by atoms with Crippen LogP contribution in [-0.2, 0) is 16.6 Å². The van der Waals surface area contributed by atoms with Gasteiger partial charge in [-0.1, -0.05) is 42.5 Å². The van der Waals surface area contributed by atoms with Crippen molar-refractivity contribution in [2.24, 2.45) is 0 Å². The lowest BCUT2D eigenvalue weighted by Gasteiger charge is -2.09. The standard InChI is InChI=1S/C20H17FN2O3S/c21-19-12-5-4-7-16(19)14-22-27(25,26)18-11-6-8-15(13-18)20(24)23-17-9-2-1-3-10-17/h1-13,22H,14H2,(H,23,24). The van der Waals surface area contributed by atoms with Gasteiger partial charge in [0, 0.05) is 23.4 Å². The van der Waals surface area contributed by atoms with Crippen LogP contribution in [0.1, 0.15) is 15.9 Å². The highest BCUT2D eigenvalue weighted by atomic mass is 32.2. The van der Waals surface area contributed by atoms with Crippen LogP contribution < -0.4 is 10.0 Å². The zero-order valence-electron chi connectivity index (χ0n) is 14.2. The van der Waals surface area contributed by atoms with Crippen molar-refractivity contribution in [2.75, 3.05) is 5.32 Å². The number of rotatable bonds is 6. The normalized spacial score (nSPS) is 11.1. The molecule has 138 valence electrons. The smallest absolute Gasteiger partial charge is 0.255 e. The van der Waals surface area contributed by atoms with Crippen molar-refractivity contribution < 1.29 is 17.6 Å². The Morgan fingerprint density at radius 1 is 0.889 bits per heavy atom. The minimum absolute atomic E-state index is 0.0699. The highest BCUT2D eigenvalue weighted by Crippen LogP contribution is 2.15. The van der Waals surface area contributed by atoms with E-state index in [0.717, 1.165) is 0 Å². The summed E-state index contributed by atoms with van der Waals surface area (Å²) in [5, 5.41) is 2.70. The SMILES string of the molecule is O=C(Nc1ccccc1)c1cccc(S(=O)(=O)NCc2ccccc2F)c1. The van der Waals surface area contributed by atoms with Crippen LogP contribution in [0.3, 0.4) is 0 Å². The lowest BCUT2D eigenvalue weighted by atomic mass is 10.2. The molecule has 3 rings (SSSR count). The number of para-hydroxylation sites is 1. The van der Waals surface area contributed by atoms with E-state index in [9.17, 15) is 17.6 Å². The average Bonchev–Trinajstić information content (AvgIpc) is 2.68. The Labute approximate surface area is 156 Å². The molecule has 0 aliphatic carbocycles. The van der Waals surface area contributed by atoms with Crippen molar-refractivity contribution in [3.63, 3.8) is 0 Å². The second-order valence-corrected chi connectivity index (χ2v) is 7.53. The summed E-state index contributed by atoms with van der Waals surface area (Å²) < 4.78 is 41.0. The molecule has 0 spiro atoms. The van der Waals surface area contributed by atoms with E-state index in [2.05, 4.69) is 10.0 Å². The summed E-state index contributed by atoms with van der Waals surface area (Å²) in [6.07, 6.45) is 0. The number of benzene rings is 3. The van der Waals surface area contributed by atoms with Gasteiger partial charge in [0.05, 0.1) is 4.90 Å². The largest absolute Gasteiger partial charge is 0.322 e. The zero-order valence-corrected chi connectivity index (χ0v) is 15.0. The fourth-order valence-corrected chi connectivity index (χ4v) is 3.48. The van der Waals surface area contributed by atoms with Crippen molar-refractivity contribution in [1.82, 2.24) is 4.72 Å². The molecule has 0 saturated heterocycles. The van der Waals surface area contributed by atoms with Crippen molar-refractivity contribution in [1.29, 1.82) is 0 Å². The van der Waals surface area contributed by atoms with E-state index in [4.69, 9.17) is 0 Å². The van der Waals surface area contributed by atoms with Gasteiger partial charge in [0.15, 0.2) is 0 Å². The summed E-state index contributed by atoms with van der Waals surface area (Å²) in [4.78, 5) is 12.3. The van der Waals surface area contributed by atoms with E-state index in [1.165, 1.54) is 42.5 Å². The quantitative estimate of drug-likeness (QED) is 0.682. The first-order valence-corrected chi connectivity index (χ1v) is 9.63. The number of anilines is 1. The molecule has 7 heteroatoms. The summed E-state index contributed by atoms with van der Waals surface area (Å²) in [5.41, 5.74) is 1.04. The molecule has 0 radical (unpaired) electrons. The molecule has 5 nitrogen and oxygen atoms in total. The number of carbonyl (C=O) groups excluding carboxylic acids is 1. The number of halogens is 1. The van der Waals surface area contributed by atoms with Crippen molar-refractivity contribution >= 4 is 21.6 Å². The first-order valence-electron chi connectivity index (χ1n) is 8.15. The molecule has 0 aliphatic rings. The monoisotopic (exact) mass is 384 g/mol. The van der Waals surface area contributed by atoms with E-state index in [0.29, 0.717) is 5.69 Å². The van der Waals surface area contributed by atoms with Gasteiger partial charge in [-0.3, -0.25) is 4.79 Å². The second kappa shape index (κ2) is 8.11. The minimum Gasteiger partial charge on any atom is -0.322 e. The molecule has 3 aromatic carbocycles. The molecule has 0 atom stereocenters. The molecular formula is C20H17FN2O3S. The molecule has 0 heterocycles. The summed E-state index contributed by atoms with van der Waals surface area (Å²) in [6.45, 7) is -0.185. The molecule has 0 aromatic heterocycles. The third-order valence-corrected chi connectivity index (χ3v) is 5.25. The maximum atomic E-state index is 13.7. The number of amides is 1. The number of nitrogens with one attached hydrogen (secondary N) is 2. The molecule has 2 N–H and O–H groups in total. The van der Waals surface area contributed by atoms with Crippen LogP contribution in [0.15, 0.2) is 83.8 Å². The van der Waals surface area contributed by atoms with Gasteiger partial charge in [-0.05, 0) is 36.4 Å². The molecule has 0 fully saturated rings. The Morgan fingerprint density at radius 2 is 1.59 bits per heavy atom. The Hall–Kier alpha value is -3.03. The topological polar surface area (TPSA) is 75.3 Å². The molecule has 0 saturated carbocycles. The number of sulfonamides is 1. The predicted molar refractivity (Wildman–Crippen MR) is 101 cm³/mol. The maximum absolute atomic E-state index is 13.7. The zero-order chi connectivity index (χ0) is 19.3. The molecular weight excluding hydrogens is 367 g/mol. The van der Waals surface area contributed by atoms with Crippen LogP contribution in [-0.4, -0.2) is 14.3 Å². The third-order valence-electron chi connectivity index (χ3n) is 3.85. The van der Waals surface area contributed by atoms with Crippen LogP contribution in [0.25, 0.3) is 0 Å². The van der Waals surface area contributed by atoms with Gasteiger partial charge in [-0.15, -0.1) is 0 Å². The summed E-state index contributed by atoms with van der Waals surface area (Å²) in [5.74, 6) is -0.913. The van der Waals surface area contributed by atoms with E-state index in [1.54, 1.807) is 30.3 Å². The Morgan fingerprint density at radius 3 is 2.33 bits per heavy atom. The summed E-state index contributed by atoms with van der Waals surface area (Å²) in [6, 6.07) is 20.4. The van der Waals surface area contributed by atoms with Gasteiger partial charge in [0.25, 0.3) is 5.91 Å². The van der Waals surface area contributed by atoms with Crippen molar-refractivity contribution in [3.8, 4) is 0 Å². The van der Waals surface area contributed by atoms with Crippen LogP contribution in [0, 0.1) is 5.82 Å². The summed E-state index contributed by atoms with van der Waals surface area (Å²) in [7, 11) is -3.90. The van der Waals surface area contributed by atoms with E-state index < -0.39 is 21.7 Å². The fraction of sp³-hybridized carbons (Fsp3) is 0.0500. The highest BCUT2D eigenvalue weighted by molar-refractivity contribution is 7.89. The van der Waals surface area contributed by atoms with Gasteiger partial charge >= 0.3 is 0 Å². The van der Waals surface area contributed by atoms with Gasteiger partial charge in [0.1, 0.15) is 5.82 Å². The third kappa shape index (κ3) is 4.78. The Bertz CT molecular complexity index is 1050. The second-order valence-electron chi connectivity index (χ2n) is 5.76. The fourth-order valence-electron chi connectivity index (χ4n) is 2.43. The molecule has 0 unspecified atom stereocenters. The van der Waals surface area contributed by atoms with Gasteiger partial charge < -0.3 is 5.32 Å². The summed E-state index contributed by atoms with van der Waals surface area (Å²) >= 11 is 0. The van der Waals surface area contributed by atoms with Crippen LogP contribution >= 0.6 is 0 Å². The predicted octanol–water partition coefficient (Wildman–Crippen LogP) is 3.56. The Kier molecular flexibility index (Phi) is 5.63. The van der Waals surface area contributed by atoms with Crippen molar-refractivity contribution in [3.05, 3.63) is 95.8 Å². The van der Waals surface area contributed by atoms with Gasteiger partial charge in [-0.25, -0.2) is 17.5 Å². The molecule has 0 bridgehead atoms. The maximum Gasteiger partial charge on any atom is 0.255 e. The van der Waals surface area contributed by atoms with Crippen molar-refractivity contribution in [2.45, 2.75) is 11.4 Å². The number of carbonyl (C=O) groups is 1. The number of hydrogen-bond donors (Lipinski definition) is 2. The lowest BCUT2D eigenvalue weighted by Crippen LogP contribution is -2.24. The first kappa shape index (κ1) is 18.8. The number of hydrogen-bond acceptors (Lipinski definition) is 3. The van der Waals surface area contributed by atoms with Crippen LogP contribution in [0.2, 0.25) is 0 Å². The molecule has 27 heavy (non-hydrogen) atoms. The Balaban J connectivity index is 1.75. The van der Waals surface area contributed by atoms with Gasteiger partial charge in [0.2, 0.25) is 10.0 Å². The molecule has 3 aromatic rings. The minimum atomic E-state index is -3.90. The lowest BCUT2D eigenvalue weighted by molar-refractivity contribution is 0.102. The van der Waals surface area contributed by atoms with Crippen LogP contribution in [0.4, 0.5) is 10.1 Å². The van der Waals surface area contributed by atoms with E-state index in [1.807, 2.05) is 6.07 Å². The van der Waals surface area contributed by atoms with Crippen LogP contribution in [0.5, 0.6) is 0 Å². The molecule has 0 aliphatic heterocycles. The average molecular weight is 384 g/mol. The van der Waals surface area contributed by atoms with E-state index >= 15 is 0 Å². The van der Waals surface area contributed by atoms with Gasteiger partial charge in [-0.2, -0.15) is 0 Å². The highest BCUT2D eigenvalue weighted by Gasteiger charge is 2.17.